The van der Waals surface area contributed by atoms with E-state index in [0.29, 0.717) is 24.3 Å². The number of piperazine rings is 1. The average Bonchev–Trinajstić information content (AvgIpc) is 2.86. The molecule has 40 heavy (non-hydrogen) atoms. The monoisotopic (exact) mass is 555 g/mol. The summed E-state index contributed by atoms with van der Waals surface area (Å²) in [6.07, 6.45) is 0.258. The summed E-state index contributed by atoms with van der Waals surface area (Å²) in [7, 11) is 8.82. The number of hydrogen-bond acceptors (Lipinski definition) is 11. The molecule has 4 N–H and O–H groups in total. The molecule has 12 nitrogen and oxygen atoms in total. The Morgan fingerprint density at radius 1 is 1.05 bits per heavy atom. The van der Waals surface area contributed by atoms with Crippen LogP contribution in [0, 0.1) is 23.7 Å². The molecule has 3 aliphatic carbocycles. The predicted octanol–water partition coefficient (Wildman–Crippen LogP) is -1.32. The molecule has 3 fully saturated rings. The highest BCUT2D eigenvalue weighted by Crippen LogP contribution is 2.53. The molecular formula is C28H37N5O7. The molecule has 0 bridgehead atoms. The number of nitrogens with two attached hydrogens (primary N) is 1. The van der Waals surface area contributed by atoms with Gasteiger partial charge in [-0.25, -0.2) is 0 Å². The van der Waals surface area contributed by atoms with Crippen molar-refractivity contribution in [2.45, 2.75) is 24.5 Å². The van der Waals surface area contributed by atoms with Crippen LogP contribution in [-0.2, 0) is 25.6 Å². The molecule has 4 aliphatic rings. The van der Waals surface area contributed by atoms with Crippen LogP contribution in [-0.4, -0.2) is 122 Å². The van der Waals surface area contributed by atoms with E-state index in [1.54, 1.807) is 14.1 Å². The van der Waals surface area contributed by atoms with E-state index >= 15 is 0 Å². The summed E-state index contributed by atoms with van der Waals surface area (Å²) >= 11 is 0. The number of carbonyl (C=O) groups is 5. The Kier molecular flexibility index (Phi) is 6.79. The zero-order valence-electron chi connectivity index (χ0n) is 23.5. The average molecular weight is 556 g/mol. The quantitative estimate of drug-likeness (QED) is 0.378. The largest absolute Gasteiger partial charge is 0.505 e. The summed E-state index contributed by atoms with van der Waals surface area (Å²) in [5.74, 6) is -10.3. The van der Waals surface area contributed by atoms with Crippen LogP contribution >= 0.6 is 0 Å². The van der Waals surface area contributed by atoms with E-state index in [2.05, 4.69) is 4.90 Å². The number of anilines is 2. The number of ketones is 4. The zero-order chi connectivity index (χ0) is 29.4. The number of nitrogens with zero attached hydrogens (tertiary/aromatic N) is 4. The van der Waals surface area contributed by atoms with Gasteiger partial charge in [0.05, 0.1) is 23.2 Å². The number of aliphatic hydroxyl groups is 1. The van der Waals surface area contributed by atoms with Crippen molar-refractivity contribution in [3.05, 3.63) is 17.2 Å². The smallest absolute Gasteiger partial charge is 0.235 e. The minimum absolute atomic E-state index is 0.0201. The number of phenolic OH excluding ortho intramolecular Hbond substituents is 1. The molecule has 1 saturated heterocycles. The van der Waals surface area contributed by atoms with E-state index in [-0.39, 0.29) is 24.2 Å². The molecule has 1 aromatic rings. The minimum atomic E-state index is -2.73. The van der Waals surface area contributed by atoms with Gasteiger partial charge >= 0.3 is 0 Å². The van der Waals surface area contributed by atoms with Crippen molar-refractivity contribution >= 4 is 40.4 Å². The highest BCUT2D eigenvalue weighted by molar-refractivity contribution is 6.32. The van der Waals surface area contributed by atoms with Gasteiger partial charge in [0, 0.05) is 51.9 Å². The van der Waals surface area contributed by atoms with Crippen LogP contribution in [0.3, 0.4) is 0 Å². The molecule has 1 aromatic carbocycles. The Labute approximate surface area is 232 Å². The maximum absolute atomic E-state index is 14.1. The van der Waals surface area contributed by atoms with E-state index in [1.165, 1.54) is 4.90 Å². The lowest BCUT2D eigenvalue weighted by atomic mass is 9.52. The first-order valence-corrected chi connectivity index (χ1v) is 13.6. The normalized spacial score (nSPS) is 32.6. The highest BCUT2D eigenvalue weighted by atomic mass is 16.3. The van der Waals surface area contributed by atoms with E-state index in [0.717, 1.165) is 18.8 Å². The van der Waals surface area contributed by atoms with Crippen LogP contribution in [0.5, 0.6) is 5.75 Å². The lowest BCUT2D eigenvalue weighted by molar-refractivity contribution is -0.181. The van der Waals surface area contributed by atoms with Crippen molar-refractivity contribution in [2.75, 3.05) is 71.2 Å². The molecule has 6 atom stereocenters. The molecule has 216 valence electrons. The fraction of sp³-hybridized carbons (Fsp3) is 0.607. The number of Topliss-reactive ketones (excluding diaryl/α,β-unsaturated/α-hetero) is 4. The van der Waals surface area contributed by atoms with E-state index in [9.17, 15) is 34.2 Å². The first-order valence-electron chi connectivity index (χ1n) is 13.6. The second kappa shape index (κ2) is 9.64. The van der Waals surface area contributed by atoms with Gasteiger partial charge in [-0.05, 0) is 51.5 Å². The number of amides is 1. The molecule has 2 unspecified atom stereocenters. The fourth-order valence-electron chi connectivity index (χ4n) is 7.33. The van der Waals surface area contributed by atoms with Crippen molar-refractivity contribution < 1.29 is 34.2 Å². The molecule has 1 amide bonds. The van der Waals surface area contributed by atoms with Crippen LogP contribution in [0.15, 0.2) is 6.07 Å². The maximum atomic E-state index is 14.1. The van der Waals surface area contributed by atoms with E-state index in [1.807, 2.05) is 37.0 Å². The topological polar surface area (TPSA) is 165 Å². The van der Waals surface area contributed by atoms with Gasteiger partial charge in [0.1, 0.15) is 5.75 Å². The molecule has 0 aromatic heterocycles. The summed E-state index contributed by atoms with van der Waals surface area (Å²) < 4.78 is 0. The van der Waals surface area contributed by atoms with Crippen molar-refractivity contribution in [1.82, 2.24) is 9.80 Å². The first kappa shape index (κ1) is 28.2. The Balaban J connectivity index is 1.64. The minimum Gasteiger partial charge on any atom is -0.505 e. The van der Waals surface area contributed by atoms with Crippen LogP contribution in [0.25, 0.3) is 0 Å². The molecule has 5 rings (SSSR count). The fourth-order valence-corrected chi connectivity index (χ4v) is 7.33. The molecule has 1 heterocycles. The van der Waals surface area contributed by atoms with Crippen LogP contribution < -0.4 is 15.5 Å². The number of aromatic hydroxyl groups is 1. The van der Waals surface area contributed by atoms with Crippen LogP contribution in [0.4, 0.5) is 11.4 Å². The Bertz CT molecular complexity index is 1320. The second-order valence-corrected chi connectivity index (χ2v) is 12.1. The van der Waals surface area contributed by atoms with Crippen molar-refractivity contribution in [3.8, 4) is 5.75 Å². The summed E-state index contributed by atoms with van der Waals surface area (Å²) in [5, 5.41) is 23.2. The van der Waals surface area contributed by atoms with Gasteiger partial charge in [0.15, 0.2) is 34.7 Å². The van der Waals surface area contributed by atoms with Crippen LogP contribution in [0.2, 0.25) is 0 Å². The lowest BCUT2D eigenvalue weighted by Gasteiger charge is -2.52. The molecule has 0 spiro atoms. The maximum Gasteiger partial charge on any atom is 0.235 e. The first-order chi connectivity index (χ1) is 18.7. The second-order valence-electron chi connectivity index (χ2n) is 12.1. The highest BCUT2D eigenvalue weighted by Gasteiger charge is 2.69. The number of carbonyl (C=O) groups excluding carboxylic acids is 5. The molecule has 2 saturated carbocycles. The van der Waals surface area contributed by atoms with Gasteiger partial charge in [-0.1, -0.05) is 0 Å². The number of hydrogen-bond donors (Lipinski definition) is 3. The SMILES string of the molecule is CN1CCN(c2cc(N(C)C)c3c(c2O)C(=O)C2C(=O)[C@@]4(O)C(=O)C(C(N)=O)C(=O)[C@H](N(C)C)[C@H]4C[C@H]2C3)CC1. The molecule has 12 heteroatoms. The number of rotatable bonds is 4. The Morgan fingerprint density at radius 3 is 2.23 bits per heavy atom. The summed E-state index contributed by atoms with van der Waals surface area (Å²) in [4.78, 5) is 74.6. The number of phenols is 1. The van der Waals surface area contributed by atoms with Gasteiger partial charge in [-0.15, -0.1) is 0 Å². The van der Waals surface area contributed by atoms with Crippen LogP contribution in [0.1, 0.15) is 22.3 Å². The zero-order valence-corrected chi connectivity index (χ0v) is 23.5. The number of benzene rings is 1. The van der Waals surface area contributed by atoms with Gasteiger partial charge < -0.3 is 30.6 Å². The van der Waals surface area contributed by atoms with Crippen molar-refractivity contribution in [2.24, 2.45) is 29.4 Å². The summed E-state index contributed by atoms with van der Waals surface area (Å²) in [5.41, 5.74) is 4.49. The third kappa shape index (κ3) is 3.87. The molecule has 0 radical (unpaired) electrons. The van der Waals surface area contributed by atoms with Crippen molar-refractivity contribution in [3.63, 3.8) is 0 Å². The molecular weight excluding hydrogens is 518 g/mol. The summed E-state index contributed by atoms with van der Waals surface area (Å²) in [6.45, 7) is 2.82. The molecule has 1 aliphatic heterocycles. The third-order valence-corrected chi connectivity index (χ3v) is 9.34. The summed E-state index contributed by atoms with van der Waals surface area (Å²) in [6, 6.07) is 0.741. The lowest BCUT2D eigenvalue weighted by Crippen LogP contribution is -2.74. The van der Waals surface area contributed by atoms with E-state index < -0.39 is 64.4 Å². The predicted molar refractivity (Wildman–Crippen MR) is 145 cm³/mol. The van der Waals surface area contributed by atoms with Gasteiger partial charge in [0.2, 0.25) is 5.91 Å². The van der Waals surface area contributed by atoms with Gasteiger partial charge in [0.25, 0.3) is 0 Å². The Hall–Kier alpha value is -3.35. The standard InChI is InChI=1S/C28H37N5O7/c1-30(2)16-12-17(33-8-6-32(5)7-9-33)22(34)19-14(16)10-13-11-15-21(31(3)4)24(36)20(27(29)39)26(38)28(15,40)25(37)18(13)23(19)35/h12-13,15,18,20-21,34,40H,6-11H2,1-5H3,(H2,29,39)/t13-,15-,18?,20?,21-,28-/m1/s1. The number of primary amides is 1. The Morgan fingerprint density at radius 2 is 1.68 bits per heavy atom. The van der Waals surface area contributed by atoms with Gasteiger partial charge in [-0.3, -0.25) is 28.9 Å². The van der Waals surface area contributed by atoms with Crippen molar-refractivity contribution in [1.29, 1.82) is 0 Å². The van der Waals surface area contributed by atoms with E-state index in [4.69, 9.17) is 5.73 Å². The number of fused-ring (bicyclic) bond motifs is 3. The third-order valence-electron chi connectivity index (χ3n) is 9.34. The number of likely N-dealkylation sites (N-methyl/N-ethyl adjacent to an activating group) is 2. The van der Waals surface area contributed by atoms with Gasteiger partial charge in [-0.2, -0.15) is 0 Å².